The third kappa shape index (κ3) is 5.78. The molecule has 0 atom stereocenters. The van der Waals surface area contributed by atoms with Gasteiger partial charge in [0.15, 0.2) is 0 Å². The first-order valence-electron chi connectivity index (χ1n) is 8.29. The Morgan fingerprint density at radius 1 is 1.17 bits per heavy atom. The van der Waals surface area contributed by atoms with Crippen LogP contribution in [-0.2, 0) is 9.59 Å². The van der Waals surface area contributed by atoms with Crippen LogP contribution in [0.2, 0.25) is 5.02 Å². The topological polar surface area (TPSA) is 64.7 Å². The maximum atomic E-state index is 12.1. The quantitative estimate of drug-likeness (QED) is 0.728. The molecule has 0 aromatic heterocycles. The molecule has 2 N–H and O–H groups in total. The number of hydrogen-bond donors (Lipinski definition) is 2. The van der Waals surface area contributed by atoms with Crippen LogP contribution in [0.5, 0.6) is 0 Å². The van der Waals surface area contributed by atoms with E-state index in [2.05, 4.69) is 15.5 Å². The number of benzene rings is 1. The molecule has 1 fully saturated rings. The van der Waals surface area contributed by atoms with Crippen LogP contribution in [0.4, 0.5) is 5.69 Å². The normalized spacial score (nSPS) is 15.3. The summed E-state index contributed by atoms with van der Waals surface area (Å²) in [5.41, 5.74) is 0.627. The van der Waals surface area contributed by atoms with Crippen molar-refractivity contribution in [3.05, 3.63) is 29.3 Å². The minimum atomic E-state index is -0.0862. The summed E-state index contributed by atoms with van der Waals surface area (Å²) in [4.78, 5) is 28.1. The molecule has 0 spiro atoms. The number of carbonyl (C=O) groups is 2. The fourth-order valence-corrected chi connectivity index (χ4v) is 2.87. The summed E-state index contributed by atoms with van der Waals surface area (Å²) in [6.45, 7) is 3.96. The van der Waals surface area contributed by atoms with Gasteiger partial charge in [-0.05, 0) is 32.1 Å². The van der Waals surface area contributed by atoms with Crippen molar-refractivity contribution in [3.63, 3.8) is 0 Å². The van der Waals surface area contributed by atoms with Gasteiger partial charge in [-0.3, -0.25) is 14.5 Å². The summed E-state index contributed by atoms with van der Waals surface area (Å²) in [5, 5.41) is 6.40. The molecular weight excluding hydrogens is 328 g/mol. The van der Waals surface area contributed by atoms with Gasteiger partial charge >= 0.3 is 0 Å². The minimum Gasteiger partial charge on any atom is -0.340 e. The van der Waals surface area contributed by atoms with Crippen LogP contribution in [0.15, 0.2) is 24.3 Å². The number of piperazine rings is 1. The maximum absolute atomic E-state index is 12.1. The number of halogens is 1. The molecule has 0 unspecified atom stereocenters. The van der Waals surface area contributed by atoms with Crippen molar-refractivity contribution >= 4 is 29.1 Å². The van der Waals surface area contributed by atoms with Crippen LogP contribution in [0.1, 0.15) is 12.8 Å². The average Bonchev–Trinajstić information content (AvgIpc) is 2.58. The van der Waals surface area contributed by atoms with Crippen molar-refractivity contribution in [1.29, 1.82) is 0 Å². The smallest absolute Gasteiger partial charge is 0.238 e. The lowest BCUT2D eigenvalue weighted by molar-refractivity contribution is -0.133. The number of nitrogens with zero attached hydrogens (tertiary/aromatic N) is 2. The van der Waals surface area contributed by atoms with Gasteiger partial charge in [0.2, 0.25) is 11.8 Å². The van der Waals surface area contributed by atoms with E-state index >= 15 is 0 Å². The monoisotopic (exact) mass is 352 g/mol. The van der Waals surface area contributed by atoms with Crippen molar-refractivity contribution in [1.82, 2.24) is 15.1 Å². The molecule has 0 radical (unpaired) electrons. The van der Waals surface area contributed by atoms with Gasteiger partial charge < -0.3 is 15.5 Å². The van der Waals surface area contributed by atoms with E-state index in [4.69, 9.17) is 11.6 Å². The summed E-state index contributed by atoms with van der Waals surface area (Å²) in [5.74, 6) is 0.113. The summed E-state index contributed by atoms with van der Waals surface area (Å²) in [7, 11) is 1.89. The van der Waals surface area contributed by atoms with Crippen molar-refractivity contribution in [2.75, 3.05) is 51.6 Å². The summed E-state index contributed by atoms with van der Waals surface area (Å²) < 4.78 is 0. The SMILES string of the molecule is CNCCCC(=O)N1CCN(CC(=O)Nc2ccccc2Cl)CC1. The highest BCUT2D eigenvalue weighted by Crippen LogP contribution is 2.20. The van der Waals surface area contributed by atoms with Gasteiger partial charge in [-0.25, -0.2) is 0 Å². The van der Waals surface area contributed by atoms with E-state index in [1.165, 1.54) is 0 Å². The van der Waals surface area contributed by atoms with Gasteiger partial charge in [0.1, 0.15) is 0 Å². The molecule has 1 aromatic carbocycles. The van der Waals surface area contributed by atoms with E-state index in [0.717, 1.165) is 13.0 Å². The van der Waals surface area contributed by atoms with Crippen LogP contribution in [0.3, 0.4) is 0 Å². The zero-order valence-electron chi connectivity index (χ0n) is 14.1. The first kappa shape index (κ1) is 18.7. The first-order valence-corrected chi connectivity index (χ1v) is 8.67. The third-order valence-electron chi connectivity index (χ3n) is 4.06. The zero-order chi connectivity index (χ0) is 17.4. The van der Waals surface area contributed by atoms with Gasteiger partial charge in [-0.2, -0.15) is 0 Å². The summed E-state index contributed by atoms with van der Waals surface area (Å²) in [6, 6.07) is 7.18. The second-order valence-corrected chi connectivity index (χ2v) is 6.30. The van der Waals surface area contributed by atoms with Gasteiger partial charge in [-0.15, -0.1) is 0 Å². The Morgan fingerprint density at radius 3 is 2.54 bits per heavy atom. The molecule has 1 aliphatic heterocycles. The molecule has 132 valence electrons. The standard InChI is InChI=1S/C17H25ClN4O2/c1-19-8-4-7-17(24)22-11-9-21(10-12-22)13-16(23)20-15-6-3-2-5-14(15)18/h2-3,5-6,19H,4,7-13H2,1H3,(H,20,23). The Balaban J connectivity index is 1.72. The molecule has 24 heavy (non-hydrogen) atoms. The number of rotatable bonds is 7. The highest BCUT2D eigenvalue weighted by molar-refractivity contribution is 6.33. The first-order chi connectivity index (χ1) is 11.6. The number of carbonyl (C=O) groups excluding carboxylic acids is 2. The number of nitrogens with one attached hydrogen (secondary N) is 2. The molecule has 2 amide bonds. The highest BCUT2D eigenvalue weighted by Gasteiger charge is 2.22. The highest BCUT2D eigenvalue weighted by atomic mass is 35.5. The molecule has 0 saturated carbocycles. The predicted octanol–water partition coefficient (Wildman–Crippen LogP) is 1.42. The Hall–Kier alpha value is -1.63. The molecule has 1 saturated heterocycles. The van der Waals surface area contributed by atoms with Crippen LogP contribution < -0.4 is 10.6 Å². The van der Waals surface area contributed by atoms with E-state index < -0.39 is 0 Å². The Labute approximate surface area is 148 Å². The van der Waals surface area contributed by atoms with Crippen LogP contribution >= 0.6 is 11.6 Å². The predicted molar refractivity (Wildman–Crippen MR) is 96.3 cm³/mol. The van der Waals surface area contributed by atoms with E-state index in [-0.39, 0.29) is 11.8 Å². The van der Waals surface area contributed by atoms with Crippen LogP contribution in [0, 0.1) is 0 Å². The lowest BCUT2D eigenvalue weighted by Gasteiger charge is -2.34. The number of anilines is 1. The molecule has 1 heterocycles. The van der Waals surface area contributed by atoms with Crippen molar-refractivity contribution in [3.8, 4) is 0 Å². The molecule has 0 bridgehead atoms. The number of hydrogen-bond acceptors (Lipinski definition) is 4. The Morgan fingerprint density at radius 2 is 1.88 bits per heavy atom. The number of para-hydroxylation sites is 1. The van der Waals surface area contributed by atoms with Crippen LogP contribution in [-0.4, -0.2) is 67.9 Å². The van der Waals surface area contributed by atoms with Crippen molar-refractivity contribution in [2.24, 2.45) is 0 Å². The lowest BCUT2D eigenvalue weighted by atomic mass is 10.2. The van der Waals surface area contributed by atoms with Gasteiger partial charge in [0, 0.05) is 32.6 Å². The lowest BCUT2D eigenvalue weighted by Crippen LogP contribution is -2.50. The van der Waals surface area contributed by atoms with Crippen LogP contribution in [0.25, 0.3) is 0 Å². The second kappa shape index (κ2) is 9.61. The fourth-order valence-electron chi connectivity index (χ4n) is 2.69. The van der Waals surface area contributed by atoms with Gasteiger partial charge in [0.25, 0.3) is 0 Å². The van der Waals surface area contributed by atoms with E-state index in [1.807, 2.05) is 24.1 Å². The molecular formula is C17H25ClN4O2. The van der Waals surface area contributed by atoms with E-state index in [1.54, 1.807) is 12.1 Å². The fraction of sp³-hybridized carbons (Fsp3) is 0.529. The molecule has 0 aliphatic carbocycles. The molecule has 2 rings (SSSR count). The number of amides is 2. The summed E-state index contributed by atoms with van der Waals surface area (Å²) >= 11 is 6.04. The van der Waals surface area contributed by atoms with E-state index in [0.29, 0.717) is 49.9 Å². The Bertz CT molecular complexity index is 559. The Kier molecular flexibility index (Phi) is 7.49. The molecule has 1 aromatic rings. The molecule has 7 heteroatoms. The van der Waals surface area contributed by atoms with Crippen molar-refractivity contribution < 1.29 is 9.59 Å². The van der Waals surface area contributed by atoms with Gasteiger partial charge in [-0.1, -0.05) is 23.7 Å². The van der Waals surface area contributed by atoms with Crippen molar-refractivity contribution in [2.45, 2.75) is 12.8 Å². The third-order valence-corrected chi connectivity index (χ3v) is 4.39. The van der Waals surface area contributed by atoms with E-state index in [9.17, 15) is 9.59 Å². The average molecular weight is 353 g/mol. The second-order valence-electron chi connectivity index (χ2n) is 5.89. The van der Waals surface area contributed by atoms with Gasteiger partial charge in [0.05, 0.1) is 17.3 Å². The minimum absolute atomic E-state index is 0.0862. The molecule has 1 aliphatic rings. The zero-order valence-corrected chi connectivity index (χ0v) is 14.8. The largest absolute Gasteiger partial charge is 0.340 e. The molecule has 6 nitrogen and oxygen atoms in total. The maximum Gasteiger partial charge on any atom is 0.238 e. The summed E-state index contributed by atoms with van der Waals surface area (Å²) in [6.07, 6.45) is 1.43.